The molecule has 4 aromatic rings. The molecule has 3 aliphatic rings. The third-order valence-corrected chi connectivity index (χ3v) is 7.88. The lowest BCUT2D eigenvalue weighted by molar-refractivity contribution is -0.133. The van der Waals surface area contributed by atoms with Gasteiger partial charge in [0.2, 0.25) is 5.91 Å². The summed E-state index contributed by atoms with van der Waals surface area (Å²) in [6, 6.07) is 22.3. The Labute approximate surface area is 213 Å². The summed E-state index contributed by atoms with van der Waals surface area (Å²) in [4.78, 5) is 50.9. The molecule has 37 heavy (non-hydrogen) atoms. The number of imidazole rings is 1. The number of carbonyl (C=O) groups is 3. The molecule has 184 valence electrons. The van der Waals surface area contributed by atoms with Crippen molar-refractivity contribution in [3.8, 4) is 0 Å². The maximum Gasteiger partial charge on any atom is 0.260 e. The molecule has 3 amide bonds. The van der Waals surface area contributed by atoms with E-state index in [-0.39, 0.29) is 30.3 Å². The van der Waals surface area contributed by atoms with Gasteiger partial charge in [0.15, 0.2) is 0 Å². The highest BCUT2D eigenvalue weighted by atomic mass is 16.2. The van der Waals surface area contributed by atoms with Crippen molar-refractivity contribution in [3.63, 3.8) is 0 Å². The van der Waals surface area contributed by atoms with Crippen LogP contribution in [0.1, 0.15) is 57.2 Å². The fourth-order valence-corrected chi connectivity index (χ4v) is 6.17. The van der Waals surface area contributed by atoms with Crippen LogP contribution in [0.15, 0.2) is 72.8 Å². The largest absolute Gasteiger partial charge is 0.331 e. The van der Waals surface area contributed by atoms with Gasteiger partial charge < -0.3 is 14.4 Å². The van der Waals surface area contributed by atoms with E-state index in [0.29, 0.717) is 23.4 Å². The third-order valence-electron chi connectivity index (χ3n) is 7.88. The van der Waals surface area contributed by atoms with Crippen LogP contribution >= 0.6 is 0 Å². The summed E-state index contributed by atoms with van der Waals surface area (Å²) in [5.41, 5.74) is 4.25. The Morgan fingerprint density at radius 1 is 0.919 bits per heavy atom. The zero-order chi connectivity index (χ0) is 25.3. The summed E-state index contributed by atoms with van der Waals surface area (Å²) >= 11 is 0. The molecule has 0 N–H and O–H groups in total. The molecule has 0 saturated carbocycles. The van der Waals surface area contributed by atoms with E-state index < -0.39 is 6.17 Å². The summed E-state index contributed by atoms with van der Waals surface area (Å²) in [7, 11) is 1.98. The van der Waals surface area contributed by atoms with Gasteiger partial charge in [0.1, 0.15) is 18.5 Å². The monoisotopic (exact) mass is 491 g/mol. The second-order valence-electron chi connectivity index (χ2n) is 9.85. The maximum atomic E-state index is 13.9. The van der Waals surface area contributed by atoms with Crippen LogP contribution in [0.4, 0.5) is 5.69 Å². The molecule has 8 nitrogen and oxygen atoms in total. The van der Waals surface area contributed by atoms with Crippen LogP contribution in [0.3, 0.4) is 0 Å². The van der Waals surface area contributed by atoms with Crippen molar-refractivity contribution in [2.45, 2.75) is 25.0 Å². The van der Waals surface area contributed by atoms with Crippen LogP contribution in [0.2, 0.25) is 0 Å². The highest BCUT2D eigenvalue weighted by Crippen LogP contribution is 2.45. The zero-order valence-corrected chi connectivity index (χ0v) is 20.4. The molecule has 8 heteroatoms. The first-order valence-corrected chi connectivity index (χ1v) is 12.6. The van der Waals surface area contributed by atoms with Gasteiger partial charge in [-0.2, -0.15) is 0 Å². The zero-order valence-electron chi connectivity index (χ0n) is 20.4. The average Bonchev–Trinajstić information content (AvgIpc) is 3.62. The standard InChI is InChI=1S/C29H25N5O3/c1-31-23-14-7-5-12-21(23)30-26(31)24-15-8-16-32(24)25(35)17-33-27-18-9-2-3-10-19(18)29(37)34(27)22-13-6-4-11-20(22)28(33)36/h2-7,9-14,24,27H,8,15-17H2,1H3/t24-,27?/m0/s1. The molecule has 1 unspecified atom stereocenters. The number of likely N-dealkylation sites (tertiary alicyclic amines) is 1. The van der Waals surface area contributed by atoms with Crippen molar-refractivity contribution < 1.29 is 14.4 Å². The second kappa shape index (κ2) is 8.03. The summed E-state index contributed by atoms with van der Waals surface area (Å²) < 4.78 is 2.06. The Morgan fingerprint density at radius 3 is 2.49 bits per heavy atom. The number of amides is 3. The van der Waals surface area contributed by atoms with Gasteiger partial charge in [0.25, 0.3) is 11.8 Å². The Balaban J connectivity index is 1.25. The van der Waals surface area contributed by atoms with Gasteiger partial charge >= 0.3 is 0 Å². The van der Waals surface area contributed by atoms with Crippen molar-refractivity contribution in [1.29, 1.82) is 0 Å². The fourth-order valence-electron chi connectivity index (χ4n) is 6.17. The van der Waals surface area contributed by atoms with Crippen LogP contribution < -0.4 is 4.90 Å². The molecule has 2 atom stereocenters. The van der Waals surface area contributed by atoms with Crippen LogP contribution in [0.25, 0.3) is 11.0 Å². The average molecular weight is 492 g/mol. The molecule has 1 fully saturated rings. The van der Waals surface area contributed by atoms with Gasteiger partial charge in [-0.25, -0.2) is 4.98 Å². The summed E-state index contributed by atoms with van der Waals surface area (Å²) in [6.45, 7) is 0.492. The molecular formula is C29H25N5O3. The minimum Gasteiger partial charge on any atom is -0.331 e. The van der Waals surface area contributed by atoms with Gasteiger partial charge in [-0.15, -0.1) is 0 Å². The molecule has 7 rings (SSSR count). The Morgan fingerprint density at radius 2 is 1.65 bits per heavy atom. The van der Waals surface area contributed by atoms with E-state index in [4.69, 9.17) is 4.98 Å². The topological polar surface area (TPSA) is 78.8 Å². The van der Waals surface area contributed by atoms with E-state index >= 15 is 0 Å². The molecule has 3 aromatic carbocycles. The molecular weight excluding hydrogens is 466 g/mol. The number of para-hydroxylation sites is 3. The van der Waals surface area contributed by atoms with Crippen molar-refractivity contribution in [2.75, 3.05) is 18.0 Å². The lowest BCUT2D eigenvalue weighted by Crippen LogP contribution is -2.52. The predicted octanol–water partition coefficient (Wildman–Crippen LogP) is 4.05. The van der Waals surface area contributed by atoms with E-state index in [0.717, 1.165) is 35.3 Å². The molecule has 0 bridgehead atoms. The first kappa shape index (κ1) is 21.8. The number of rotatable bonds is 3. The van der Waals surface area contributed by atoms with Crippen LogP contribution in [-0.4, -0.2) is 50.2 Å². The van der Waals surface area contributed by atoms with E-state index in [2.05, 4.69) is 4.57 Å². The quantitative estimate of drug-likeness (QED) is 0.433. The lowest BCUT2D eigenvalue weighted by atomic mass is 10.0. The lowest BCUT2D eigenvalue weighted by Gasteiger charge is -2.41. The van der Waals surface area contributed by atoms with Crippen LogP contribution in [0, 0.1) is 0 Å². The molecule has 1 aromatic heterocycles. The summed E-state index contributed by atoms with van der Waals surface area (Å²) in [5, 5.41) is 0. The van der Waals surface area contributed by atoms with Crippen LogP contribution in [0.5, 0.6) is 0 Å². The normalized spacial score (nSPS) is 20.4. The number of carbonyl (C=O) groups excluding carboxylic acids is 3. The Hall–Kier alpha value is -4.46. The Bertz CT molecular complexity index is 1610. The van der Waals surface area contributed by atoms with Gasteiger partial charge in [-0.05, 0) is 43.2 Å². The summed E-state index contributed by atoms with van der Waals surface area (Å²) in [5.74, 6) is 0.314. The smallest absolute Gasteiger partial charge is 0.260 e. The fraction of sp³-hybridized carbons (Fsp3) is 0.241. The molecule has 1 saturated heterocycles. The molecule has 0 radical (unpaired) electrons. The SMILES string of the molecule is Cn1c([C@@H]2CCCN2C(=O)CN2C(=O)c3ccccc3N3C(=O)c4ccccc4C23)nc2ccccc21. The number of hydrogen-bond donors (Lipinski definition) is 0. The number of aromatic nitrogens is 2. The number of fused-ring (bicyclic) bond motifs is 6. The van der Waals surface area contributed by atoms with E-state index in [1.807, 2.05) is 60.5 Å². The highest BCUT2D eigenvalue weighted by Gasteiger charge is 2.48. The third kappa shape index (κ3) is 3.08. The van der Waals surface area contributed by atoms with E-state index in [1.165, 1.54) is 0 Å². The first-order chi connectivity index (χ1) is 18.0. The van der Waals surface area contributed by atoms with Gasteiger partial charge in [-0.1, -0.05) is 42.5 Å². The number of benzene rings is 3. The van der Waals surface area contributed by atoms with Gasteiger partial charge in [0, 0.05) is 24.7 Å². The van der Waals surface area contributed by atoms with Crippen LogP contribution in [-0.2, 0) is 11.8 Å². The minimum atomic E-state index is -0.646. The molecule has 3 aliphatic heterocycles. The number of nitrogens with zero attached hydrogens (tertiary/aromatic N) is 5. The van der Waals surface area contributed by atoms with Crippen molar-refractivity contribution in [1.82, 2.24) is 19.4 Å². The number of anilines is 1. The van der Waals surface area contributed by atoms with Crippen molar-refractivity contribution >= 4 is 34.4 Å². The summed E-state index contributed by atoms with van der Waals surface area (Å²) in [6.07, 6.45) is 1.04. The maximum absolute atomic E-state index is 13.9. The van der Waals surface area contributed by atoms with Gasteiger partial charge in [-0.3, -0.25) is 19.3 Å². The highest BCUT2D eigenvalue weighted by molar-refractivity contribution is 6.17. The molecule has 4 heterocycles. The number of aryl methyl sites for hydroxylation is 1. The van der Waals surface area contributed by atoms with Crippen molar-refractivity contribution in [2.24, 2.45) is 7.05 Å². The Kier molecular flexibility index (Phi) is 4.73. The minimum absolute atomic E-state index is 0.115. The number of hydrogen-bond acceptors (Lipinski definition) is 4. The molecule has 0 spiro atoms. The molecule has 0 aliphatic carbocycles. The second-order valence-corrected chi connectivity index (χ2v) is 9.85. The first-order valence-electron chi connectivity index (χ1n) is 12.6. The van der Waals surface area contributed by atoms with Crippen molar-refractivity contribution in [3.05, 3.63) is 95.3 Å². The van der Waals surface area contributed by atoms with E-state index in [1.54, 1.807) is 34.1 Å². The van der Waals surface area contributed by atoms with E-state index in [9.17, 15) is 14.4 Å². The van der Waals surface area contributed by atoms with Gasteiger partial charge in [0.05, 0.1) is 28.3 Å². The predicted molar refractivity (Wildman–Crippen MR) is 138 cm³/mol.